The van der Waals surface area contributed by atoms with Gasteiger partial charge in [-0.1, -0.05) is 0 Å². The predicted octanol–water partition coefficient (Wildman–Crippen LogP) is -6.23. The first-order valence-corrected chi connectivity index (χ1v) is 18.7. The molecule has 0 aliphatic carbocycles. The molecule has 0 saturated carbocycles. The molecule has 0 bridgehead atoms. The van der Waals surface area contributed by atoms with Crippen LogP contribution in [0.5, 0.6) is 0 Å². The van der Waals surface area contributed by atoms with Gasteiger partial charge in [-0.2, -0.15) is 11.8 Å². The van der Waals surface area contributed by atoms with Gasteiger partial charge >= 0.3 is 5.97 Å². The zero-order valence-corrected chi connectivity index (χ0v) is 29.9. The lowest BCUT2D eigenvalue weighted by atomic mass is 9.94. The molecule has 0 radical (unpaired) electrons. The summed E-state index contributed by atoms with van der Waals surface area (Å²) in [6.07, 6.45) is -23.8. The van der Waals surface area contributed by atoms with Crippen molar-refractivity contribution >= 4 is 36.0 Å². The molecule has 0 aromatic rings. The van der Waals surface area contributed by atoms with Crippen LogP contribution in [0.4, 0.5) is 0 Å². The highest BCUT2D eigenvalue weighted by molar-refractivity contribution is 8.16. The molecule has 8 unspecified atom stereocenters. The van der Waals surface area contributed by atoms with Crippen molar-refractivity contribution in [3.63, 3.8) is 0 Å². The number of aliphatic hydroxyl groups excluding tert-OH is 10. The Bertz CT molecular complexity index is 1040. The lowest BCUT2D eigenvalue weighted by Crippen LogP contribution is -2.63. The summed E-state index contributed by atoms with van der Waals surface area (Å²) < 4.78 is 42.5. The van der Waals surface area contributed by atoms with E-state index in [4.69, 9.17) is 33.2 Å². The van der Waals surface area contributed by atoms with Crippen LogP contribution in [0.25, 0.3) is 0 Å². The summed E-state index contributed by atoms with van der Waals surface area (Å²) >= 11 is 3.06. The fourth-order valence-corrected chi connectivity index (χ4v) is 7.28. The van der Waals surface area contributed by atoms with E-state index in [1.165, 1.54) is 18.9 Å². The van der Waals surface area contributed by atoms with Gasteiger partial charge < -0.3 is 94.3 Å². The van der Waals surface area contributed by atoms with E-state index in [9.17, 15) is 60.7 Å². The maximum absolute atomic E-state index is 11.1. The van der Waals surface area contributed by atoms with Gasteiger partial charge in [-0.05, 0) is 18.7 Å². The highest BCUT2D eigenvalue weighted by atomic mass is 32.2. The van der Waals surface area contributed by atoms with Gasteiger partial charge in [0, 0.05) is 11.6 Å². The van der Waals surface area contributed by atoms with Crippen molar-refractivity contribution < 1.29 is 98.5 Å². The molecule has 3 aliphatic heterocycles. The Hall–Kier alpha value is -1.04. The Balaban J connectivity index is 1.50. The van der Waals surface area contributed by atoms with Crippen LogP contribution in [0.1, 0.15) is 6.42 Å². The van der Waals surface area contributed by atoms with Gasteiger partial charge in [0.15, 0.2) is 18.9 Å². The normalized spacial score (nSPS) is 37.2. The van der Waals surface area contributed by atoms with Crippen LogP contribution in [-0.4, -0.2) is 219 Å². The lowest BCUT2D eigenvalue weighted by Gasteiger charge is -2.46. The van der Waals surface area contributed by atoms with Crippen molar-refractivity contribution in [2.24, 2.45) is 5.92 Å². The molecular weight excluding hydrogens is 746 g/mol. The Kier molecular flexibility index (Phi) is 20.2. The Morgan fingerprint density at radius 3 is 2.29 bits per heavy atom. The van der Waals surface area contributed by atoms with E-state index in [-0.39, 0.29) is 24.7 Å². The van der Waals surface area contributed by atoms with Crippen LogP contribution in [0.2, 0.25) is 0 Å². The summed E-state index contributed by atoms with van der Waals surface area (Å²) in [6, 6.07) is 0. The quantitative estimate of drug-likeness (QED) is 0.0210. The predicted molar refractivity (Wildman–Crippen MR) is 175 cm³/mol. The first-order valence-electron chi connectivity index (χ1n) is 16.4. The number of methoxy groups -OCH3 is 1. The number of esters is 1. The highest BCUT2D eigenvalue weighted by Crippen LogP contribution is 2.32. The van der Waals surface area contributed by atoms with E-state index in [1.54, 1.807) is 11.8 Å². The third-order valence-electron chi connectivity index (χ3n) is 8.42. The molecule has 0 aromatic heterocycles. The van der Waals surface area contributed by atoms with Gasteiger partial charge in [0.05, 0.1) is 57.4 Å². The molecule has 23 heteroatoms. The first-order chi connectivity index (χ1) is 24.9. The monoisotopic (exact) mass is 797 g/mol. The van der Waals surface area contributed by atoms with E-state index >= 15 is 0 Å². The van der Waals surface area contributed by atoms with Crippen LogP contribution in [-0.2, 0) is 47.5 Å². The maximum Gasteiger partial charge on any atom is 0.315 e. The molecule has 0 aromatic carbocycles. The second-order valence-corrected chi connectivity index (χ2v) is 14.5. The molecule has 3 rings (SSSR count). The smallest absolute Gasteiger partial charge is 0.315 e. The SMILES string of the molecule is COC(=O)CSCSCCCNCC(O)C(O)C(CO)O[C@@H]1OC[C@@H](O[C@@H]2OC[C@@H](O)C(O)C2O[C@H]2OC(OC=O)[C@@H](CO)[C@H](O)C2O)[C@@H](O)C1O. The van der Waals surface area contributed by atoms with Crippen LogP contribution in [0, 0.1) is 5.92 Å². The number of carbonyl (C=O) groups is 2. The van der Waals surface area contributed by atoms with Gasteiger partial charge in [0.25, 0.3) is 6.47 Å². The second-order valence-electron chi connectivity index (χ2n) is 12.1. The minimum absolute atomic E-state index is 0.0123. The van der Waals surface area contributed by atoms with Crippen LogP contribution >= 0.6 is 23.5 Å². The summed E-state index contributed by atoms with van der Waals surface area (Å²) in [7, 11) is 1.33. The molecule has 3 aliphatic rings. The molecule has 11 N–H and O–H groups in total. The molecule has 304 valence electrons. The maximum atomic E-state index is 11.1. The second kappa shape index (κ2) is 23.1. The van der Waals surface area contributed by atoms with E-state index in [0.29, 0.717) is 11.6 Å². The van der Waals surface area contributed by atoms with E-state index < -0.39 is 125 Å². The van der Waals surface area contributed by atoms with Crippen molar-refractivity contribution in [2.45, 2.75) is 98.7 Å². The number of ether oxygens (including phenoxy) is 8. The molecule has 3 saturated heterocycles. The van der Waals surface area contributed by atoms with Gasteiger partial charge in [0.1, 0.15) is 54.9 Å². The number of hydrogen-bond donors (Lipinski definition) is 11. The molecule has 21 nitrogen and oxygen atoms in total. The van der Waals surface area contributed by atoms with Gasteiger partial charge in [-0.3, -0.25) is 9.59 Å². The van der Waals surface area contributed by atoms with E-state index in [0.717, 1.165) is 12.2 Å². The summed E-state index contributed by atoms with van der Waals surface area (Å²) in [5.41, 5.74) is 0. The first kappa shape index (κ1) is 45.4. The number of nitrogens with one attached hydrogen (secondary N) is 1. The van der Waals surface area contributed by atoms with Crippen LogP contribution in [0.3, 0.4) is 0 Å². The third-order valence-corrected chi connectivity index (χ3v) is 10.8. The number of thioether (sulfide) groups is 2. The Morgan fingerprint density at radius 1 is 0.904 bits per heavy atom. The van der Waals surface area contributed by atoms with Gasteiger partial charge in [0.2, 0.25) is 6.29 Å². The number of hydrogen-bond acceptors (Lipinski definition) is 23. The summed E-state index contributed by atoms with van der Waals surface area (Å²) in [4.78, 5) is 22.0. The van der Waals surface area contributed by atoms with Crippen molar-refractivity contribution in [1.29, 1.82) is 0 Å². The molecule has 0 amide bonds. The van der Waals surface area contributed by atoms with Crippen molar-refractivity contribution in [3.8, 4) is 0 Å². The topological polar surface area (TPSA) is 322 Å². The van der Waals surface area contributed by atoms with Gasteiger partial charge in [-0.15, -0.1) is 11.8 Å². The number of aliphatic hydroxyl groups is 10. The minimum Gasteiger partial charge on any atom is -0.468 e. The fourth-order valence-electron chi connectivity index (χ4n) is 5.37. The number of carbonyl (C=O) groups excluding carboxylic acids is 2. The Labute approximate surface area is 307 Å². The minimum atomic E-state index is -1.84. The average molecular weight is 798 g/mol. The Morgan fingerprint density at radius 2 is 1.62 bits per heavy atom. The van der Waals surface area contributed by atoms with Gasteiger partial charge in [-0.25, -0.2) is 0 Å². The van der Waals surface area contributed by atoms with Crippen molar-refractivity contribution in [2.75, 3.05) is 63.2 Å². The largest absolute Gasteiger partial charge is 0.468 e. The average Bonchev–Trinajstić information content (AvgIpc) is 3.13. The van der Waals surface area contributed by atoms with Crippen molar-refractivity contribution in [3.05, 3.63) is 0 Å². The molecular formula is C29H51NO20S2. The highest BCUT2D eigenvalue weighted by Gasteiger charge is 2.51. The summed E-state index contributed by atoms with van der Waals surface area (Å²) in [5.74, 6) is -0.496. The molecule has 52 heavy (non-hydrogen) atoms. The van der Waals surface area contributed by atoms with Crippen molar-refractivity contribution in [1.82, 2.24) is 5.32 Å². The van der Waals surface area contributed by atoms with Crippen LogP contribution < -0.4 is 5.32 Å². The molecule has 0 spiro atoms. The third kappa shape index (κ3) is 12.8. The summed E-state index contributed by atoms with van der Waals surface area (Å²) in [5, 5.41) is 108. The number of rotatable bonds is 22. The summed E-state index contributed by atoms with van der Waals surface area (Å²) in [6.45, 7) is -2.07. The van der Waals surface area contributed by atoms with Crippen LogP contribution in [0.15, 0.2) is 0 Å². The van der Waals surface area contributed by atoms with E-state index in [1.807, 2.05) is 0 Å². The fraction of sp³-hybridized carbons (Fsp3) is 0.931. The molecule has 16 atom stereocenters. The molecule has 3 heterocycles. The standard InChI is InChI=1S/C29H51NO20S2/c1-43-18(36)10-52-12-51-4-2-3-30-5-14(34)20(38)16(7-32)47-27-24(42)22(40)17(9-45-27)48-29-25(21(39)15(35)8-44-29)49-28-23(41)19(37)13(6-31)26(50-28)46-11-33/h11,13-17,19-32,34-35,37-42H,2-10,12H2,1H3/t13-,14?,15+,16?,17+,19-,20?,21?,22+,23?,24?,25?,26?,27-,28-,29-/m0/s1. The zero-order chi connectivity index (χ0) is 38.4. The zero-order valence-electron chi connectivity index (χ0n) is 28.3. The van der Waals surface area contributed by atoms with E-state index in [2.05, 4.69) is 10.1 Å². The lowest BCUT2D eigenvalue weighted by molar-refractivity contribution is -0.384. The molecule has 3 fully saturated rings.